The van der Waals surface area contributed by atoms with Crippen LogP contribution in [0.4, 0.5) is 5.82 Å². The summed E-state index contributed by atoms with van der Waals surface area (Å²) in [5.74, 6) is 0.425. The molecular formula is C11H8BrN3O2S. The minimum absolute atomic E-state index is 0.102. The van der Waals surface area contributed by atoms with Gasteiger partial charge in [-0.05, 0) is 18.2 Å². The first-order valence-electron chi connectivity index (χ1n) is 4.91. The summed E-state index contributed by atoms with van der Waals surface area (Å²) in [6.45, 7) is 0. The molecule has 1 aromatic carbocycles. The summed E-state index contributed by atoms with van der Waals surface area (Å²) in [4.78, 5) is 20.1. The van der Waals surface area contributed by atoms with Crippen LogP contribution in [0.2, 0.25) is 0 Å². The Kier molecular flexibility index (Phi) is 3.73. The van der Waals surface area contributed by atoms with Crippen molar-refractivity contribution in [2.75, 3.05) is 0 Å². The Morgan fingerprint density at radius 1 is 1.33 bits per heavy atom. The number of hydrogen-bond acceptors (Lipinski definition) is 4. The first kappa shape index (κ1) is 12.7. The average Bonchev–Trinajstić information content (AvgIpc) is 2.29. The molecule has 2 aromatic rings. The van der Waals surface area contributed by atoms with E-state index in [2.05, 4.69) is 30.9 Å². The van der Waals surface area contributed by atoms with Crippen molar-refractivity contribution >= 4 is 40.2 Å². The van der Waals surface area contributed by atoms with Crippen molar-refractivity contribution in [3.63, 3.8) is 0 Å². The number of phenolic OH excluding ortho intramolecular Hbond substituents is 1. The van der Waals surface area contributed by atoms with Gasteiger partial charge in [0.25, 0.3) is 0 Å². The van der Waals surface area contributed by atoms with E-state index in [4.69, 9.17) is 12.2 Å². The van der Waals surface area contributed by atoms with Gasteiger partial charge in [-0.1, -0.05) is 28.1 Å². The Balaban J connectivity index is 2.38. The molecule has 0 aliphatic heterocycles. The van der Waals surface area contributed by atoms with Gasteiger partial charge in [0, 0.05) is 22.3 Å². The van der Waals surface area contributed by atoms with E-state index in [-0.39, 0.29) is 5.75 Å². The number of halogens is 1. The highest BCUT2D eigenvalue weighted by Crippen LogP contribution is 2.20. The van der Waals surface area contributed by atoms with Crippen LogP contribution in [0.15, 0.2) is 38.5 Å². The smallest absolute Gasteiger partial charge is 0.325 e. The number of H-pyrrole nitrogens is 2. The lowest BCUT2D eigenvalue weighted by molar-refractivity contribution is 0.474. The molecule has 92 valence electrons. The van der Waals surface area contributed by atoms with E-state index in [1.807, 2.05) is 0 Å². The largest absolute Gasteiger partial charge is 0.507 e. The highest BCUT2D eigenvalue weighted by atomic mass is 79.9. The van der Waals surface area contributed by atoms with Gasteiger partial charge in [0.05, 0.1) is 0 Å². The van der Waals surface area contributed by atoms with E-state index in [1.165, 1.54) is 12.3 Å². The van der Waals surface area contributed by atoms with Gasteiger partial charge in [-0.2, -0.15) is 0 Å². The molecule has 7 heteroatoms. The van der Waals surface area contributed by atoms with Gasteiger partial charge in [-0.3, -0.25) is 9.97 Å². The molecule has 2 rings (SSSR count). The standard InChI is InChI=1S/C11H8BrN3O2S/c12-7-1-2-8(16)6(3-7)5-13-9-4-10(18)15-11(17)14-9/h1-5,16H,(H2,14,15,17,18). The molecule has 0 aliphatic carbocycles. The average molecular weight is 326 g/mol. The number of rotatable bonds is 2. The maximum atomic E-state index is 11.1. The predicted octanol–water partition coefficient (Wildman–Crippen LogP) is 2.65. The summed E-state index contributed by atoms with van der Waals surface area (Å²) in [5, 5.41) is 9.61. The summed E-state index contributed by atoms with van der Waals surface area (Å²) >= 11 is 8.15. The van der Waals surface area contributed by atoms with Crippen molar-refractivity contribution < 1.29 is 5.11 Å². The van der Waals surface area contributed by atoms with Crippen molar-refractivity contribution in [1.29, 1.82) is 0 Å². The number of benzene rings is 1. The van der Waals surface area contributed by atoms with Gasteiger partial charge in [0.1, 0.15) is 16.2 Å². The fraction of sp³-hybridized carbons (Fsp3) is 0. The molecule has 0 saturated carbocycles. The van der Waals surface area contributed by atoms with Crippen LogP contribution >= 0.6 is 28.1 Å². The van der Waals surface area contributed by atoms with Crippen LogP contribution in [-0.2, 0) is 0 Å². The Bertz CT molecular complexity index is 692. The molecular weight excluding hydrogens is 318 g/mol. The molecule has 0 radical (unpaired) electrons. The van der Waals surface area contributed by atoms with Crippen LogP contribution in [0.25, 0.3) is 0 Å². The van der Waals surface area contributed by atoms with Crippen molar-refractivity contribution in [1.82, 2.24) is 9.97 Å². The number of aromatic amines is 2. The Hall–Kier alpha value is -1.73. The number of hydrogen-bond donors (Lipinski definition) is 3. The Morgan fingerprint density at radius 3 is 2.83 bits per heavy atom. The summed E-state index contributed by atoms with van der Waals surface area (Å²) < 4.78 is 1.12. The zero-order valence-corrected chi connectivity index (χ0v) is 11.4. The molecule has 0 fully saturated rings. The van der Waals surface area contributed by atoms with Crippen LogP contribution in [0.5, 0.6) is 5.75 Å². The molecule has 1 heterocycles. The number of nitrogens with zero attached hydrogens (tertiary/aromatic N) is 1. The second kappa shape index (κ2) is 5.28. The first-order chi connectivity index (χ1) is 8.54. The summed E-state index contributed by atoms with van der Waals surface area (Å²) in [6, 6.07) is 6.49. The molecule has 0 atom stereocenters. The topological polar surface area (TPSA) is 81.2 Å². The summed E-state index contributed by atoms with van der Waals surface area (Å²) in [7, 11) is 0. The molecule has 0 unspecified atom stereocenters. The molecule has 3 N–H and O–H groups in total. The monoisotopic (exact) mass is 325 g/mol. The van der Waals surface area contributed by atoms with Gasteiger partial charge in [0.15, 0.2) is 0 Å². The molecule has 0 amide bonds. The van der Waals surface area contributed by atoms with Crippen molar-refractivity contribution in [2.45, 2.75) is 0 Å². The second-order valence-electron chi connectivity index (χ2n) is 3.43. The third-order valence-corrected chi connectivity index (χ3v) is 2.79. The highest BCUT2D eigenvalue weighted by molar-refractivity contribution is 9.10. The van der Waals surface area contributed by atoms with E-state index in [9.17, 15) is 9.90 Å². The van der Waals surface area contributed by atoms with Crippen molar-refractivity contribution in [2.24, 2.45) is 4.99 Å². The van der Waals surface area contributed by atoms with Gasteiger partial charge in [0.2, 0.25) is 0 Å². The minimum Gasteiger partial charge on any atom is -0.507 e. The van der Waals surface area contributed by atoms with E-state index < -0.39 is 5.69 Å². The molecule has 18 heavy (non-hydrogen) atoms. The molecule has 0 bridgehead atoms. The lowest BCUT2D eigenvalue weighted by Crippen LogP contribution is -2.08. The predicted molar refractivity (Wildman–Crippen MR) is 75.3 cm³/mol. The molecule has 0 aliphatic rings. The summed E-state index contributed by atoms with van der Waals surface area (Å²) in [6.07, 6.45) is 1.44. The molecule has 0 spiro atoms. The normalized spacial score (nSPS) is 10.9. The van der Waals surface area contributed by atoms with Crippen LogP contribution in [0, 0.1) is 4.64 Å². The fourth-order valence-electron chi connectivity index (χ4n) is 1.29. The maximum Gasteiger partial charge on any atom is 0.325 e. The fourth-order valence-corrected chi connectivity index (χ4v) is 1.88. The SMILES string of the molecule is O=c1[nH]c(N=Cc2cc(Br)ccc2O)cc(=S)[nH]1. The number of nitrogens with one attached hydrogen (secondary N) is 2. The molecule has 0 saturated heterocycles. The first-order valence-corrected chi connectivity index (χ1v) is 6.11. The van der Waals surface area contributed by atoms with Crippen molar-refractivity contribution in [3.8, 4) is 5.75 Å². The highest BCUT2D eigenvalue weighted by Gasteiger charge is 1.99. The Morgan fingerprint density at radius 2 is 2.11 bits per heavy atom. The van der Waals surface area contributed by atoms with Crippen LogP contribution < -0.4 is 5.69 Å². The van der Waals surface area contributed by atoms with Crippen LogP contribution in [0.3, 0.4) is 0 Å². The van der Waals surface area contributed by atoms with E-state index in [1.54, 1.807) is 18.2 Å². The molecule has 5 nitrogen and oxygen atoms in total. The minimum atomic E-state index is -0.423. The lowest BCUT2D eigenvalue weighted by Gasteiger charge is -1.99. The van der Waals surface area contributed by atoms with Crippen molar-refractivity contribution in [3.05, 3.63) is 49.4 Å². The summed E-state index contributed by atoms with van der Waals surface area (Å²) in [5.41, 5.74) is 0.108. The third-order valence-electron chi connectivity index (χ3n) is 2.08. The van der Waals surface area contributed by atoms with Gasteiger partial charge in [-0.15, -0.1) is 0 Å². The van der Waals surface area contributed by atoms with E-state index in [0.717, 1.165) is 4.47 Å². The number of phenols is 1. The van der Waals surface area contributed by atoms with Gasteiger partial charge < -0.3 is 5.11 Å². The number of aliphatic imine (C=N–C) groups is 1. The Labute approximate surface area is 115 Å². The zero-order valence-electron chi connectivity index (χ0n) is 8.98. The van der Waals surface area contributed by atoms with Crippen LogP contribution in [-0.4, -0.2) is 21.3 Å². The number of aromatic hydroxyl groups is 1. The van der Waals surface area contributed by atoms with E-state index in [0.29, 0.717) is 16.0 Å². The zero-order chi connectivity index (χ0) is 13.1. The van der Waals surface area contributed by atoms with Gasteiger partial charge in [-0.25, -0.2) is 9.79 Å². The maximum absolute atomic E-state index is 11.1. The number of aromatic nitrogens is 2. The van der Waals surface area contributed by atoms with E-state index >= 15 is 0 Å². The molecule has 1 aromatic heterocycles. The van der Waals surface area contributed by atoms with Crippen LogP contribution in [0.1, 0.15) is 5.56 Å². The quantitative estimate of drug-likeness (QED) is 0.586. The lowest BCUT2D eigenvalue weighted by atomic mass is 10.2. The third kappa shape index (κ3) is 3.14. The van der Waals surface area contributed by atoms with Gasteiger partial charge >= 0.3 is 5.69 Å². The second-order valence-corrected chi connectivity index (χ2v) is 4.79.